The van der Waals surface area contributed by atoms with Crippen LogP contribution in [0.2, 0.25) is 0 Å². The van der Waals surface area contributed by atoms with Gasteiger partial charge in [-0.1, -0.05) is 25.1 Å². The zero-order valence-electron chi connectivity index (χ0n) is 11.4. The summed E-state index contributed by atoms with van der Waals surface area (Å²) in [6, 6.07) is 12.5. The Morgan fingerprint density at radius 2 is 1.90 bits per heavy atom. The van der Waals surface area contributed by atoms with Crippen LogP contribution in [0.3, 0.4) is 0 Å². The van der Waals surface area contributed by atoms with Gasteiger partial charge < -0.3 is 10.1 Å². The Hall–Kier alpha value is -2.56. The van der Waals surface area contributed by atoms with Crippen LogP contribution in [-0.2, 0) is 6.42 Å². The summed E-state index contributed by atoms with van der Waals surface area (Å²) in [7, 11) is 1.64. The molecule has 0 amide bonds. The van der Waals surface area contributed by atoms with Gasteiger partial charge in [-0.05, 0) is 36.2 Å². The number of anilines is 1. The van der Waals surface area contributed by atoms with Crippen LogP contribution in [0.25, 0.3) is 0 Å². The summed E-state index contributed by atoms with van der Waals surface area (Å²) >= 11 is 0. The number of benzene rings is 2. The maximum Gasteiger partial charge on any atom is 0.334 e. The summed E-state index contributed by atoms with van der Waals surface area (Å²) in [4.78, 5) is 10.7. The number of hydrogen-bond donors (Lipinski definition) is 1. The van der Waals surface area contributed by atoms with Gasteiger partial charge in [-0.3, -0.25) is 10.1 Å². The minimum Gasteiger partial charge on any atom is -0.450 e. The second kappa shape index (κ2) is 6.06. The van der Waals surface area contributed by atoms with E-state index >= 15 is 0 Å². The lowest BCUT2D eigenvalue weighted by Gasteiger charge is -2.09. The summed E-state index contributed by atoms with van der Waals surface area (Å²) in [6.45, 7) is 2.07. The number of nitro benzene ring substituents is 1. The predicted molar refractivity (Wildman–Crippen MR) is 78.5 cm³/mol. The van der Waals surface area contributed by atoms with E-state index in [0.717, 1.165) is 6.42 Å². The standard InChI is InChI=1S/C15H16N2O3/c1-3-11-7-9-12(10-8-11)20-14-6-4-5-13(16-2)15(14)17(18)19/h4-10,16H,3H2,1-2H3. The Kier molecular flexibility index (Phi) is 4.20. The van der Waals surface area contributed by atoms with Crippen LogP contribution in [0.4, 0.5) is 11.4 Å². The molecule has 0 saturated carbocycles. The molecule has 2 aromatic rings. The van der Waals surface area contributed by atoms with Crippen LogP contribution in [0.5, 0.6) is 11.5 Å². The molecule has 5 heteroatoms. The normalized spacial score (nSPS) is 10.1. The SMILES string of the molecule is CCc1ccc(Oc2cccc(NC)c2[N+](=O)[O-])cc1. The molecule has 2 aromatic carbocycles. The third-order valence-corrected chi connectivity index (χ3v) is 3.01. The molecule has 0 fully saturated rings. The average molecular weight is 272 g/mol. The van der Waals surface area contributed by atoms with E-state index in [4.69, 9.17) is 4.74 Å². The average Bonchev–Trinajstić information content (AvgIpc) is 2.47. The lowest BCUT2D eigenvalue weighted by Crippen LogP contribution is -1.99. The molecule has 0 aliphatic heterocycles. The molecule has 0 aliphatic rings. The first-order valence-corrected chi connectivity index (χ1v) is 6.37. The number of para-hydroxylation sites is 1. The van der Waals surface area contributed by atoms with Crippen LogP contribution in [0.1, 0.15) is 12.5 Å². The van der Waals surface area contributed by atoms with Gasteiger partial charge in [-0.25, -0.2) is 0 Å². The van der Waals surface area contributed by atoms with Gasteiger partial charge in [0, 0.05) is 7.05 Å². The van der Waals surface area contributed by atoms with Gasteiger partial charge in [0.05, 0.1) is 4.92 Å². The van der Waals surface area contributed by atoms with Gasteiger partial charge in [0.15, 0.2) is 0 Å². The van der Waals surface area contributed by atoms with Crippen LogP contribution >= 0.6 is 0 Å². The fraction of sp³-hybridized carbons (Fsp3) is 0.200. The van der Waals surface area contributed by atoms with E-state index in [-0.39, 0.29) is 11.4 Å². The number of ether oxygens (including phenoxy) is 1. The topological polar surface area (TPSA) is 64.4 Å². The van der Waals surface area contributed by atoms with E-state index in [1.165, 1.54) is 5.56 Å². The van der Waals surface area contributed by atoms with Crippen molar-refractivity contribution in [3.63, 3.8) is 0 Å². The fourth-order valence-electron chi connectivity index (χ4n) is 1.91. The van der Waals surface area contributed by atoms with E-state index in [0.29, 0.717) is 11.4 Å². The number of nitrogens with zero attached hydrogens (tertiary/aromatic N) is 1. The first-order chi connectivity index (χ1) is 9.65. The summed E-state index contributed by atoms with van der Waals surface area (Å²) in [5.41, 5.74) is 1.56. The van der Waals surface area contributed by atoms with Gasteiger partial charge in [0.25, 0.3) is 0 Å². The van der Waals surface area contributed by atoms with Crippen molar-refractivity contribution in [2.75, 3.05) is 12.4 Å². The molecular formula is C15H16N2O3. The number of nitro groups is 1. The first kappa shape index (κ1) is 13.9. The number of rotatable bonds is 5. The van der Waals surface area contributed by atoms with Crippen molar-refractivity contribution in [2.45, 2.75) is 13.3 Å². The Bertz CT molecular complexity index is 609. The molecule has 0 unspecified atom stereocenters. The molecule has 0 spiro atoms. The van der Waals surface area contributed by atoms with Gasteiger partial charge in [-0.15, -0.1) is 0 Å². The largest absolute Gasteiger partial charge is 0.450 e. The summed E-state index contributed by atoms with van der Waals surface area (Å²) in [5.74, 6) is 0.810. The Labute approximate surface area is 117 Å². The molecular weight excluding hydrogens is 256 g/mol. The molecule has 0 atom stereocenters. The second-order valence-electron chi connectivity index (χ2n) is 4.26. The van der Waals surface area contributed by atoms with Crippen LogP contribution < -0.4 is 10.1 Å². The lowest BCUT2D eigenvalue weighted by atomic mass is 10.2. The van der Waals surface area contributed by atoms with Gasteiger partial charge in [-0.2, -0.15) is 0 Å². The third kappa shape index (κ3) is 2.88. The van der Waals surface area contributed by atoms with Crippen molar-refractivity contribution >= 4 is 11.4 Å². The molecule has 0 bridgehead atoms. The van der Waals surface area contributed by atoms with E-state index in [1.807, 2.05) is 24.3 Å². The van der Waals surface area contributed by atoms with Crippen molar-refractivity contribution in [1.82, 2.24) is 0 Å². The molecule has 2 rings (SSSR count). The molecule has 104 valence electrons. The number of aryl methyl sites for hydroxylation is 1. The monoisotopic (exact) mass is 272 g/mol. The van der Waals surface area contributed by atoms with Crippen LogP contribution in [-0.4, -0.2) is 12.0 Å². The first-order valence-electron chi connectivity index (χ1n) is 6.37. The Morgan fingerprint density at radius 3 is 2.45 bits per heavy atom. The predicted octanol–water partition coefficient (Wildman–Crippen LogP) is 3.99. The summed E-state index contributed by atoms with van der Waals surface area (Å²) in [5, 5.41) is 14.0. The quantitative estimate of drug-likeness (QED) is 0.660. The van der Waals surface area contributed by atoms with E-state index < -0.39 is 4.92 Å². The van der Waals surface area contributed by atoms with Gasteiger partial charge in [0.2, 0.25) is 5.75 Å². The van der Waals surface area contributed by atoms with Crippen LogP contribution in [0, 0.1) is 10.1 Å². The highest BCUT2D eigenvalue weighted by Crippen LogP contribution is 2.37. The zero-order chi connectivity index (χ0) is 14.5. The van der Waals surface area contributed by atoms with E-state index in [9.17, 15) is 10.1 Å². The maximum atomic E-state index is 11.2. The minimum absolute atomic E-state index is 0.0606. The second-order valence-corrected chi connectivity index (χ2v) is 4.26. The Morgan fingerprint density at radius 1 is 1.20 bits per heavy atom. The van der Waals surface area contributed by atoms with Crippen molar-refractivity contribution in [3.8, 4) is 11.5 Å². The molecule has 0 aromatic heterocycles. The third-order valence-electron chi connectivity index (χ3n) is 3.01. The van der Waals surface area contributed by atoms with Gasteiger partial charge >= 0.3 is 5.69 Å². The van der Waals surface area contributed by atoms with Crippen molar-refractivity contribution in [1.29, 1.82) is 0 Å². The molecule has 5 nitrogen and oxygen atoms in total. The molecule has 0 aliphatic carbocycles. The smallest absolute Gasteiger partial charge is 0.334 e. The number of nitrogens with one attached hydrogen (secondary N) is 1. The van der Waals surface area contributed by atoms with Crippen molar-refractivity contribution < 1.29 is 9.66 Å². The van der Waals surface area contributed by atoms with Crippen molar-refractivity contribution in [2.24, 2.45) is 0 Å². The fourth-order valence-corrected chi connectivity index (χ4v) is 1.91. The molecule has 20 heavy (non-hydrogen) atoms. The minimum atomic E-state index is -0.443. The molecule has 0 radical (unpaired) electrons. The maximum absolute atomic E-state index is 11.2. The van der Waals surface area contributed by atoms with E-state index in [2.05, 4.69) is 12.2 Å². The summed E-state index contributed by atoms with van der Waals surface area (Å²) < 4.78 is 5.63. The Balaban J connectivity index is 2.34. The highest BCUT2D eigenvalue weighted by atomic mass is 16.6. The van der Waals surface area contributed by atoms with E-state index in [1.54, 1.807) is 25.2 Å². The lowest BCUT2D eigenvalue weighted by molar-refractivity contribution is -0.384. The summed E-state index contributed by atoms with van der Waals surface area (Å²) in [6.07, 6.45) is 0.940. The van der Waals surface area contributed by atoms with Crippen LogP contribution in [0.15, 0.2) is 42.5 Å². The van der Waals surface area contributed by atoms with Gasteiger partial charge in [0.1, 0.15) is 11.4 Å². The highest BCUT2D eigenvalue weighted by Gasteiger charge is 2.20. The van der Waals surface area contributed by atoms with Crippen molar-refractivity contribution in [3.05, 3.63) is 58.1 Å². The molecule has 1 N–H and O–H groups in total. The molecule has 0 saturated heterocycles. The molecule has 0 heterocycles. The highest BCUT2D eigenvalue weighted by molar-refractivity contribution is 5.68. The number of hydrogen-bond acceptors (Lipinski definition) is 4. The zero-order valence-corrected chi connectivity index (χ0v) is 11.4.